The highest BCUT2D eigenvalue weighted by atomic mass is 32.2. The van der Waals surface area contributed by atoms with Crippen LogP contribution in [-0.4, -0.2) is 16.9 Å². The van der Waals surface area contributed by atoms with Crippen molar-refractivity contribution in [3.63, 3.8) is 0 Å². The Labute approximate surface area is 154 Å². The molecule has 6 heteroatoms. The molecule has 1 unspecified atom stereocenters. The topological polar surface area (TPSA) is 42.0 Å². The van der Waals surface area contributed by atoms with Gasteiger partial charge in [0.1, 0.15) is 16.7 Å². The Morgan fingerprint density at radius 3 is 2.69 bits per heavy atom. The largest absolute Gasteiger partial charge is 0.350 e. The van der Waals surface area contributed by atoms with Gasteiger partial charge in [-0.25, -0.2) is 13.8 Å². The number of nitrogens with zero attached hydrogens (tertiary/aromatic N) is 1. The van der Waals surface area contributed by atoms with Gasteiger partial charge in [0.2, 0.25) is 0 Å². The molecule has 1 N–H and O–H groups in total. The predicted octanol–water partition coefficient (Wildman–Crippen LogP) is 5.19. The van der Waals surface area contributed by atoms with Crippen molar-refractivity contribution in [1.29, 1.82) is 0 Å². The van der Waals surface area contributed by atoms with Gasteiger partial charge in [0, 0.05) is 22.4 Å². The Kier molecular flexibility index (Phi) is 5.52. The third-order valence-electron chi connectivity index (χ3n) is 4.04. The summed E-state index contributed by atoms with van der Waals surface area (Å²) < 4.78 is 27.1. The van der Waals surface area contributed by atoms with Crippen molar-refractivity contribution in [2.24, 2.45) is 0 Å². The number of aromatic nitrogens is 1. The zero-order valence-electron chi connectivity index (χ0n) is 14.4. The highest BCUT2D eigenvalue weighted by Gasteiger charge is 2.16. The molecular formula is C20H18F2N2OS. The lowest BCUT2D eigenvalue weighted by molar-refractivity contribution is 0.0940. The van der Waals surface area contributed by atoms with Gasteiger partial charge in [-0.05, 0) is 37.6 Å². The Morgan fingerprint density at radius 2 is 1.96 bits per heavy atom. The molecule has 0 bridgehead atoms. The third kappa shape index (κ3) is 4.02. The number of halogens is 2. The molecule has 3 rings (SSSR count). The fourth-order valence-corrected chi connectivity index (χ4v) is 3.30. The molecule has 0 spiro atoms. The number of carbonyl (C=O) groups excluding carboxylic acids is 1. The lowest BCUT2D eigenvalue weighted by Gasteiger charge is -2.14. The highest BCUT2D eigenvalue weighted by Crippen LogP contribution is 2.31. The second-order valence-corrected chi connectivity index (χ2v) is 7.05. The number of nitrogens with one attached hydrogen (secondary N) is 1. The van der Waals surface area contributed by atoms with Crippen molar-refractivity contribution in [2.75, 3.05) is 0 Å². The third-order valence-corrected chi connectivity index (χ3v) is 5.00. The molecule has 0 saturated carbocycles. The second-order valence-electron chi connectivity index (χ2n) is 5.98. The number of carbonyl (C=O) groups is 1. The van der Waals surface area contributed by atoms with Crippen molar-refractivity contribution in [3.8, 4) is 0 Å². The van der Waals surface area contributed by atoms with Crippen molar-refractivity contribution >= 4 is 28.6 Å². The smallest absolute Gasteiger partial charge is 0.252 e. The van der Waals surface area contributed by atoms with Crippen LogP contribution < -0.4 is 5.32 Å². The van der Waals surface area contributed by atoms with Crippen LogP contribution in [0.15, 0.2) is 58.5 Å². The van der Waals surface area contributed by atoms with E-state index in [1.165, 1.54) is 12.1 Å². The van der Waals surface area contributed by atoms with E-state index in [4.69, 9.17) is 0 Å². The lowest BCUT2D eigenvalue weighted by atomic mass is 10.1. The van der Waals surface area contributed by atoms with Gasteiger partial charge >= 0.3 is 0 Å². The minimum atomic E-state index is -0.657. The van der Waals surface area contributed by atoms with Gasteiger partial charge in [0.25, 0.3) is 5.91 Å². The van der Waals surface area contributed by atoms with Crippen LogP contribution >= 0.6 is 11.8 Å². The van der Waals surface area contributed by atoms with Crippen molar-refractivity contribution in [2.45, 2.75) is 36.2 Å². The van der Waals surface area contributed by atoms with Crippen molar-refractivity contribution in [1.82, 2.24) is 10.3 Å². The second kappa shape index (κ2) is 7.83. The first-order chi connectivity index (χ1) is 12.5. The van der Waals surface area contributed by atoms with E-state index in [9.17, 15) is 13.6 Å². The molecule has 1 heterocycles. The predicted molar refractivity (Wildman–Crippen MR) is 99.4 cm³/mol. The number of hydrogen-bond acceptors (Lipinski definition) is 3. The molecule has 26 heavy (non-hydrogen) atoms. The first-order valence-corrected chi connectivity index (χ1v) is 9.13. The standard InChI is InChI=1S/C20H18F2N2OS/c1-3-12(2)23-20(25)15-11-19(24-17-7-5-4-6-14(15)17)26-18-9-8-13(21)10-16(18)22/h4-12H,3H2,1-2H3,(H,23,25). The normalized spacial score (nSPS) is 12.2. The first kappa shape index (κ1) is 18.3. The van der Waals surface area contributed by atoms with Gasteiger partial charge < -0.3 is 5.32 Å². The minimum Gasteiger partial charge on any atom is -0.350 e. The maximum absolute atomic E-state index is 14.0. The molecule has 0 saturated heterocycles. The number of hydrogen-bond donors (Lipinski definition) is 1. The van der Waals surface area contributed by atoms with Crippen molar-refractivity contribution < 1.29 is 13.6 Å². The van der Waals surface area contributed by atoms with Gasteiger partial charge in [-0.1, -0.05) is 36.9 Å². The van der Waals surface area contributed by atoms with Crippen LogP contribution in [0.2, 0.25) is 0 Å². The summed E-state index contributed by atoms with van der Waals surface area (Å²) in [6, 6.07) is 12.4. The summed E-state index contributed by atoms with van der Waals surface area (Å²) in [5, 5.41) is 4.16. The van der Waals surface area contributed by atoms with Crippen LogP contribution in [-0.2, 0) is 0 Å². The summed E-state index contributed by atoms with van der Waals surface area (Å²) in [5.74, 6) is -1.48. The molecule has 1 amide bonds. The molecule has 2 aromatic carbocycles. The lowest BCUT2D eigenvalue weighted by Crippen LogP contribution is -2.32. The van der Waals surface area contributed by atoms with E-state index in [1.807, 2.05) is 32.0 Å². The van der Waals surface area contributed by atoms with Crippen LogP contribution in [0.3, 0.4) is 0 Å². The number of pyridine rings is 1. The number of benzene rings is 2. The summed E-state index contributed by atoms with van der Waals surface area (Å²) in [6.45, 7) is 3.93. The summed E-state index contributed by atoms with van der Waals surface area (Å²) in [4.78, 5) is 17.4. The van der Waals surface area contributed by atoms with E-state index in [2.05, 4.69) is 10.3 Å². The Morgan fingerprint density at radius 1 is 1.19 bits per heavy atom. The van der Waals surface area contributed by atoms with Gasteiger partial charge in [0.15, 0.2) is 0 Å². The molecule has 0 aliphatic rings. The molecule has 0 radical (unpaired) electrons. The van der Waals surface area contributed by atoms with Gasteiger partial charge in [0.05, 0.1) is 11.1 Å². The van der Waals surface area contributed by atoms with E-state index < -0.39 is 11.6 Å². The Hall–Kier alpha value is -2.47. The summed E-state index contributed by atoms with van der Waals surface area (Å²) in [7, 11) is 0. The van der Waals surface area contributed by atoms with E-state index >= 15 is 0 Å². The molecule has 1 aromatic heterocycles. The fourth-order valence-electron chi connectivity index (χ4n) is 2.47. The average molecular weight is 372 g/mol. The summed E-state index contributed by atoms with van der Waals surface area (Å²) >= 11 is 1.06. The van der Waals surface area contributed by atoms with Gasteiger partial charge in [-0.15, -0.1) is 0 Å². The Bertz CT molecular complexity index is 962. The quantitative estimate of drug-likeness (QED) is 0.670. The molecule has 0 aliphatic carbocycles. The summed E-state index contributed by atoms with van der Waals surface area (Å²) in [5.41, 5.74) is 1.13. The zero-order valence-corrected chi connectivity index (χ0v) is 15.2. The van der Waals surface area contributed by atoms with E-state index in [0.29, 0.717) is 16.1 Å². The number of para-hydroxylation sites is 1. The van der Waals surface area contributed by atoms with E-state index in [1.54, 1.807) is 12.1 Å². The number of amides is 1. The maximum Gasteiger partial charge on any atom is 0.252 e. The van der Waals surface area contributed by atoms with Crippen LogP contribution in [0.1, 0.15) is 30.6 Å². The van der Waals surface area contributed by atoms with Crippen LogP contribution in [0.5, 0.6) is 0 Å². The van der Waals surface area contributed by atoms with Crippen LogP contribution in [0.4, 0.5) is 8.78 Å². The first-order valence-electron chi connectivity index (χ1n) is 8.31. The monoisotopic (exact) mass is 372 g/mol. The number of fused-ring (bicyclic) bond motifs is 1. The maximum atomic E-state index is 14.0. The van der Waals surface area contributed by atoms with E-state index in [-0.39, 0.29) is 16.8 Å². The molecule has 0 aliphatic heterocycles. The highest BCUT2D eigenvalue weighted by molar-refractivity contribution is 7.99. The number of rotatable bonds is 5. The molecular weight excluding hydrogens is 354 g/mol. The SMILES string of the molecule is CCC(C)NC(=O)c1cc(Sc2ccc(F)cc2F)nc2ccccc12. The fraction of sp³-hybridized carbons (Fsp3) is 0.200. The molecule has 3 nitrogen and oxygen atoms in total. The van der Waals surface area contributed by atoms with Crippen LogP contribution in [0.25, 0.3) is 10.9 Å². The molecule has 1 atom stereocenters. The zero-order chi connectivity index (χ0) is 18.7. The average Bonchev–Trinajstić information content (AvgIpc) is 2.63. The molecule has 0 fully saturated rings. The van der Waals surface area contributed by atoms with Gasteiger partial charge in [-0.3, -0.25) is 4.79 Å². The molecule has 3 aromatic rings. The molecule has 134 valence electrons. The minimum absolute atomic E-state index is 0.0417. The van der Waals surface area contributed by atoms with Crippen LogP contribution in [0, 0.1) is 11.6 Å². The van der Waals surface area contributed by atoms with Crippen molar-refractivity contribution in [3.05, 3.63) is 65.7 Å². The van der Waals surface area contributed by atoms with Gasteiger partial charge in [-0.2, -0.15) is 0 Å². The summed E-state index contributed by atoms with van der Waals surface area (Å²) in [6.07, 6.45) is 0.817. The van der Waals surface area contributed by atoms with E-state index in [0.717, 1.165) is 29.6 Å². The Balaban J connectivity index is 2.02.